The van der Waals surface area contributed by atoms with Crippen molar-refractivity contribution in [1.82, 2.24) is 4.98 Å². The number of hydrogen-bond donors (Lipinski definition) is 1. The second-order valence-corrected chi connectivity index (χ2v) is 4.36. The van der Waals surface area contributed by atoms with Gasteiger partial charge in [-0.3, -0.25) is 0 Å². The number of anilines is 2. The van der Waals surface area contributed by atoms with Gasteiger partial charge in [-0.2, -0.15) is 0 Å². The lowest BCUT2D eigenvalue weighted by Gasteiger charge is -2.06. The summed E-state index contributed by atoms with van der Waals surface area (Å²) in [6.07, 6.45) is 1.60. The number of nitrogens with zero attached hydrogens (tertiary/aromatic N) is 1. The number of benzene rings is 1. The van der Waals surface area contributed by atoms with E-state index in [1.165, 1.54) is 6.07 Å². The highest BCUT2D eigenvalue weighted by Gasteiger charge is 2.01. The number of halogens is 3. The highest BCUT2D eigenvalue weighted by atomic mass is 79.9. The van der Waals surface area contributed by atoms with Gasteiger partial charge in [0.15, 0.2) is 0 Å². The molecule has 0 bridgehead atoms. The molecular weight excluding hydrogens is 294 g/mol. The van der Waals surface area contributed by atoms with Crippen molar-refractivity contribution in [2.45, 2.75) is 0 Å². The molecule has 0 aliphatic rings. The summed E-state index contributed by atoms with van der Waals surface area (Å²) in [7, 11) is 0. The molecule has 82 valence electrons. The van der Waals surface area contributed by atoms with Crippen molar-refractivity contribution in [1.29, 1.82) is 0 Å². The van der Waals surface area contributed by atoms with E-state index in [0.29, 0.717) is 9.63 Å². The molecule has 0 fully saturated rings. The molecule has 1 heterocycles. The van der Waals surface area contributed by atoms with Gasteiger partial charge in [0.25, 0.3) is 0 Å². The maximum Gasteiger partial charge on any atom is 0.137 e. The minimum Gasteiger partial charge on any atom is -0.355 e. The molecule has 0 radical (unpaired) electrons. The number of nitrogens with one attached hydrogen (secondary N) is 1. The van der Waals surface area contributed by atoms with Crippen molar-refractivity contribution in [3.63, 3.8) is 0 Å². The van der Waals surface area contributed by atoms with E-state index >= 15 is 0 Å². The lowest BCUT2D eigenvalue weighted by Crippen LogP contribution is -1.91. The number of pyridine rings is 1. The maximum atomic E-state index is 13.0. The van der Waals surface area contributed by atoms with Crippen LogP contribution in [0.15, 0.2) is 41.0 Å². The standard InChI is InChI=1S/C11H7BrClFN2/c12-9-5-7(1-2-10(9)14)16-8-3-4-15-11(13)6-8/h1-6H,(H,15,16). The summed E-state index contributed by atoms with van der Waals surface area (Å²) in [5.74, 6) is -0.293. The number of rotatable bonds is 2. The van der Waals surface area contributed by atoms with Crippen LogP contribution in [0, 0.1) is 5.82 Å². The second-order valence-electron chi connectivity index (χ2n) is 3.12. The van der Waals surface area contributed by atoms with E-state index in [1.807, 2.05) is 0 Å². The third kappa shape index (κ3) is 2.71. The predicted octanol–water partition coefficient (Wildman–Crippen LogP) is 4.38. The fourth-order valence-corrected chi connectivity index (χ4v) is 1.77. The first kappa shape index (κ1) is 11.4. The van der Waals surface area contributed by atoms with Gasteiger partial charge in [0.2, 0.25) is 0 Å². The molecule has 1 aromatic heterocycles. The molecule has 2 nitrogen and oxygen atoms in total. The summed E-state index contributed by atoms with van der Waals surface area (Å²) >= 11 is 8.87. The van der Waals surface area contributed by atoms with Crippen molar-refractivity contribution in [3.05, 3.63) is 52.0 Å². The van der Waals surface area contributed by atoms with Crippen molar-refractivity contribution >= 4 is 38.9 Å². The Kier molecular flexibility index (Phi) is 3.41. The van der Waals surface area contributed by atoms with Gasteiger partial charge in [-0.25, -0.2) is 9.37 Å². The average molecular weight is 302 g/mol. The van der Waals surface area contributed by atoms with Crippen molar-refractivity contribution < 1.29 is 4.39 Å². The Morgan fingerprint density at radius 3 is 2.62 bits per heavy atom. The molecule has 2 aromatic rings. The first-order valence-corrected chi connectivity index (χ1v) is 5.66. The second kappa shape index (κ2) is 4.80. The molecule has 0 unspecified atom stereocenters. The molecule has 1 N–H and O–H groups in total. The SMILES string of the molecule is Fc1ccc(Nc2ccnc(Cl)c2)cc1Br. The van der Waals surface area contributed by atoms with Crippen LogP contribution in [-0.2, 0) is 0 Å². The molecule has 1 aromatic carbocycles. The molecule has 0 saturated heterocycles. The highest BCUT2D eigenvalue weighted by molar-refractivity contribution is 9.10. The van der Waals surface area contributed by atoms with Crippen LogP contribution in [0.3, 0.4) is 0 Å². The van der Waals surface area contributed by atoms with E-state index in [1.54, 1.807) is 30.5 Å². The van der Waals surface area contributed by atoms with Gasteiger partial charge in [0.1, 0.15) is 11.0 Å². The van der Waals surface area contributed by atoms with Gasteiger partial charge in [-0.15, -0.1) is 0 Å². The minimum absolute atomic E-state index is 0.293. The molecule has 0 aliphatic heterocycles. The molecule has 2 rings (SSSR count). The molecular formula is C11H7BrClFN2. The lowest BCUT2D eigenvalue weighted by atomic mass is 10.3. The smallest absolute Gasteiger partial charge is 0.137 e. The van der Waals surface area contributed by atoms with Crippen LogP contribution in [0.5, 0.6) is 0 Å². The van der Waals surface area contributed by atoms with Crippen LogP contribution < -0.4 is 5.32 Å². The Labute approximate surface area is 106 Å². The molecule has 0 saturated carbocycles. The zero-order valence-corrected chi connectivity index (χ0v) is 10.4. The van der Waals surface area contributed by atoms with E-state index in [-0.39, 0.29) is 5.82 Å². The predicted molar refractivity (Wildman–Crippen MR) is 66.6 cm³/mol. The van der Waals surface area contributed by atoms with Crippen LogP contribution in [0.1, 0.15) is 0 Å². The van der Waals surface area contributed by atoms with E-state index < -0.39 is 0 Å². The van der Waals surface area contributed by atoms with Gasteiger partial charge >= 0.3 is 0 Å². The molecule has 16 heavy (non-hydrogen) atoms. The van der Waals surface area contributed by atoms with Gasteiger partial charge in [0.05, 0.1) is 4.47 Å². The summed E-state index contributed by atoms with van der Waals surface area (Å²) in [5, 5.41) is 3.50. The molecule has 0 aliphatic carbocycles. The summed E-state index contributed by atoms with van der Waals surface area (Å²) in [5.41, 5.74) is 1.58. The van der Waals surface area contributed by atoms with Gasteiger partial charge in [0, 0.05) is 17.6 Å². The van der Waals surface area contributed by atoms with Gasteiger partial charge < -0.3 is 5.32 Å². The van der Waals surface area contributed by atoms with E-state index in [2.05, 4.69) is 26.2 Å². The van der Waals surface area contributed by atoms with Crippen molar-refractivity contribution in [2.24, 2.45) is 0 Å². The minimum atomic E-state index is -0.293. The average Bonchev–Trinajstić information content (AvgIpc) is 2.24. The summed E-state index contributed by atoms with van der Waals surface area (Å²) in [6.45, 7) is 0. The largest absolute Gasteiger partial charge is 0.355 e. The van der Waals surface area contributed by atoms with E-state index in [9.17, 15) is 4.39 Å². The quantitative estimate of drug-likeness (QED) is 0.833. The Morgan fingerprint density at radius 2 is 1.94 bits per heavy atom. The first-order chi connectivity index (χ1) is 7.65. The topological polar surface area (TPSA) is 24.9 Å². The monoisotopic (exact) mass is 300 g/mol. The highest BCUT2D eigenvalue weighted by Crippen LogP contribution is 2.23. The zero-order valence-electron chi connectivity index (χ0n) is 8.05. The van der Waals surface area contributed by atoms with Crippen LogP contribution >= 0.6 is 27.5 Å². The van der Waals surface area contributed by atoms with E-state index in [4.69, 9.17) is 11.6 Å². The third-order valence-corrected chi connectivity index (χ3v) is 2.75. The van der Waals surface area contributed by atoms with Crippen molar-refractivity contribution in [2.75, 3.05) is 5.32 Å². The normalized spacial score (nSPS) is 10.2. The fraction of sp³-hybridized carbons (Fsp3) is 0. The summed E-state index contributed by atoms with van der Waals surface area (Å²) in [6, 6.07) is 8.16. The lowest BCUT2D eigenvalue weighted by molar-refractivity contribution is 0.621. The zero-order chi connectivity index (χ0) is 11.5. The Hall–Kier alpha value is -1.13. The Bertz CT molecular complexity index is 519. The van der Waals surface area contributed by atoms with Crippen LogP contribution in [0.2, 0.25) is 5.15 Å². The van der Waals surface area contributed by atoms with Gasteiger partial charge in [-0.05, 0) is 46.3 Å². The third-order valence-electron chi connectivity index (χ3n) is 1.93. The summed E-state index contributed by atoms with van der Waals surface area (Å²) in [4.78, 5) is 3.87. The summed E-state index contributed by atoms with van der Waals surface area (Å²) < 4.78 is 13.4. The van der Waals surface area contributed by atoms with Crippen molar-refractivity contribution in [3.8, 4) is 0 Å². The number of hydrogen-bond acceptors (Lipinski definition) is 2. The Morgan fingerprint density at radius 1 is 1.19 bits per heavy atom. The maximum absolute atomic E-state index is 13.0. The van der Waals surface area contributed by atoms with E-state index in [0.717, 1.165) is 11.4 Å². The van der Waals surface area contributed by atoms with Crippen LogP contribution in [0.25, 0.3) is 0 Å². The number of aromatic nitrogens is 1. The molecule has 0 spiro atoms. The Balaban J connectivity index is 2.24. The molecule has 0 amide bonds. The molecule has 0 atom stereocenters. The van der Waals surface area contributed by atoms with Gasteiger partial charge in [-0.1, -0.05) is 11.6 Å². The fourth-order valence-electron chi connectivity index (χ4n) is 1.22. The van der Waals surface area contributed by atoms with Crippen LogP contribution in [-0.4, -0.2) is 4.98 Å². The first-order valence-electron chi connectivity index (χ1n) is 4.49. The molecule has 5 heteroatoms. The van der Waals surface area contributed by atoms with Crippen LogP contribution in [0.4, 0.5) is 15.8 Å².